The Morgan fingerprint density at radius 2 is 2.25 bits per heavy atom. The van der Waals surface area contributed by atoms with Gasteiger partial charge >= 0.3 is 5.97 Å². The van der Waals surface area contributed by atoms with Gasteiger partial charge in [0.05, 0.1) is 18.1 Å². The van der Waals surface area contributed by atoms with Gasteiger partial charge in [-0.25, -0.2) is 8.78 Å². The van der Waals surface area contributed by atoms with Crippen molar-refractivity contribution in [2.45, 2.75) is 12.8 Å². The van der Waals surface area contributed by atoms with Crippen LogP contribution in [0, 0.1) is 0 Å². The minimum absolute atomic E-state index is 0.0291. The van der Waals surface area contributed by atoms with Gasteiger partial charge in [-0.3, -0.25) is 9.59 Å². The van der Waals surface area contributed by atoms with Crippen molar-refractivity contribution in [1.29, 1.82) is 0 Å². The highest BCUT2D eigenvalue weighted by Gasteiger charge is 2.19. The van der Waals surface area contributed by atoms with Crippen LogP contribution in [-0.4, -0.2) is 18.1 Å². The van der Waals surface area contributed by atoms with Crippen LogP contribution in [0.4, 0.5) is 8.78 Å². The number of pyridine rings is 1. The summed E-state index contributed by atoms with van der Waals surface area (Å²) in [7, 11) is 1.16. The predicted molar refractivity (Wildman–Crippen MR) is 55.4 cm³/mol. The Labute approximate surface area is 97.7 Å². The van der Waals surface area contributed by atoms with Crippen molar-refractivity contribution in [3.8, 4) is 0 Å². The molecular weight excluding hydrogens is 288 g/mol. The number of hydrogen-bond donors (Lipinski definition) is 1. The lowest BCUT2D eigenvalue weighted by Gasteiger charge is -2.09. The number of carbonyl (C=O) groups excluding carboxylic acids is 1. The largest absolute Gasteiger partial charge is 0.469 e. The van der Waals surface area contributed by atoms with Crippen molar-refractivity contribution >= 4 is 21.9 Å². The van der Waals surface area contributed by atoms with Gasteiger partial charge in [-0.2, -0.15) is 0 Å². The second-order valence-corrected chi connectivity index (χ2v) is 3.73. The molecule has 0 aliphatic carbocycles. The fourth-order valence-electron chi connectivity index (χ4n) is 1.17. The highest BCUT2D eigenvalue weighted by Crippen LogP contribution is 2.26. The Morgan fingerprint density at radius 3 is 2.75 bits per heavy atom. The topological polar surface area (TPSA) is 59.2 Å². The molecule has 0 radical (unpaired) electrons. The van der Waals surface area contributed by atoms with E-state index in [1.165, 1.54) is 0 Å². The Balaban J connectivity index is 3.24. The molecule has 0 aromatic carbocycles. The maximum Gasteiger partial charge on any atom is 0.310 e. The van der Waals surface area contributed by atoms with E-state index < -0.39 is 23.5 Å². The number of ether oxygens (including phenoxy) is 1. The lowest BCUT2D eigenvalue weighted by atomic mass is 10.1. The standard InChI is InChI=1S/C9H8BrF2NO3/c1-16-7(15)3-4-5(9(11)12)2-6(14)13-8(4)10/h2,9H,3H2,1H3,(H,13,14). The van der Waals surface area contributed by atoms with Crippen molar-refractivity contribution in [1.82, 2.24) is 4.98 Å². The first-order valence-corrected chi connectivity index (χ1v) is 5.01. The first-order valence-electron chi connectivity index (χ1n) is 4.22. The SMILES string of the molecule is COC(=O)Cc1c(C(F)F)cc(=O)[nH]c1Br. The summed E-state index contributed by atoms with van der Waals surface area (Å²) in [6.45, 7) is 0. The number of alkyl halides is 2. The van der Waals surface area contributed by atoms with E-state index in [0.29, 0.717) is 0 Å². The molecule has 1 heterocycles. The van der Waals surface area contributed by atoms with Crippen LogP contribution in [-0.2, 0) is 16.0 Å². The maximum atomic E-state index is 12.6. The van der Waals surface area contributed by atoms with E-state index in [-0.39, 0.29) is 16.6 Å². The Kier molecular flexibility index (Phi) is 4.17. The second kappa shape index (κ2) is 5.20. The summed E-state index contributed by atoms with van der Waals surface area (Å²) in [5, 5.41) is 0. The van der Waals surface area contributed by atoms with Crippen LogP contribution in [0.25, 0.3) is 0 Å². The number of aromatic nitrogens is 1. The fourth-order valence-corrected chi connectivity index (χ4v) is 1.73. The summed E-state index contributed by atoms with van der Waals surface area (Å²) in [5.74, 6) is -0.658. The third-order valence-corrected chi connectivity index (χ3v) is 2.59. The molecule has 4 nitrogen and oxygen atoms in total. The summed E-state index contributed by atoms with van der Waals surface area (Å²) in [6.07, 6.45) is -3.15. The molecule has 0 atom stereocenters. The number of carbonyl (C=O) groups is 1. The third-order valence-electron chi connectivity index (χ3n) is 1.92. The van der Waals surface area contributed by atoms with Gasteiger partial charge in [-0.15, -0.1) is 0 Å². The zero-order chi connectivity index (χ0) is 12.3. The molecule has 0 saturated carbocycles. The van der Waals surface area contributed by atoms with E-state index in [0.717, 1.165) is 13.2 Å². The Morgan fingerprint density at radius 1 is 1.62 bits per heavy atom. The first kappa shape index (κ1) is 12.8. The molecule has 0 amide bonds. The maximum absolute atomic E-state index is 12.6. The molecule has 0 aliphatic rings. The van der Waals surface area contributed by atoms with Crippen LogP contribution in [0.1, 0.15) is 17.6 Å². The van der Waals surface area contributed by atoms with Gasteiger partial charge in [0.1, 0.15) is 0 Å². The van der Waals surface area contributed by atoms with Crippen LogP contribution in [0.2, 0.25) is 0 Å². The van der Waals surface area contributed by atoms with Crippen molar-refractivity contribution in [2.24, 2.45) is 0 Å². The van der Waals surface area contributed by atoms with Crippen molar-refractivity contribution in [2.75, 3.05) is 7.11 Å². The van der Waals surface area contributed by atoms with Crippen LogP contribution >= 0.6 is 15.9 Å². The Hall–Kier alpha value is -1.24. The molecule has 0 saturated heterocycles. The van der Waals surface area contributed by atoms with Gasteiger partial charge in [0, 0.05) is 17.2 Å². The molecule has 1 N–H and O–H groups in total. The number of rotatable bonds is 3. The van der Waals surface area contributed by atoms with Crippen LogP contribution < -0.4 is 5.56 Å². The van der Waals surface area contributed by atoms with E-state index in [2.05, 4.69) is 25.7 Å². The van der Waals surface area contributed by atoms with E-state index in [9.17, 15) is 18.4 Å². The van der Waals surface area contributed by atoms with Gasteiger partial charge < -0.3 is 9.72 Å². The minimum atomic E-state index is -2.82. The molecule has 0 fully saturated rings. The third kappa shape index (κ3) is 2.88. The van der Waals surface area contributed by atoms with E-state index in [4.69, 9.17) is 0 Å². The van der Waals surface area contributed by atoms with Crippen molar-refractivity contribution in [3.05, 3.63) is 32.2 Å². The van der Waals surface area contributed by atoms with Gasteiger partial charge in [-0.1, -0.05) is 0 Å². The van der Waals surface area contributed by atoms with Crippen LogP contribution in [0.5, 0.6) is 0 Å². The normalized spacial score (nSPS) is 10.6. The first-order chi connectivity index (χ1) is 7.45. The average Bonchev–Trinajstić information content (AvgIpc) is 2.20. The summed E-state index contributed by atoms with van der Waals surface area (Å²) in [4.78, 5) is 24.3. The van der Waals surface area contributed by atoms with Gasteiger partial charge in [-0.05, 0) is 15.9 Å². The molecule has 0 spiro atoms. The second-order valence-electron chi connectivity index (χ2n) is 2.94. The molecule has 88 valence electrons. The summed E-state index contributed by atoms with van der Waals surface area (Å²) < 4.78 is 29.7. The number of nitrogens with one attached hydrogen (secondary N) is 1. The molecular formula is C9H8BrF2NO3. The van der Waals surface area contributed by atoms with E-state index >= 15 is 0 Å². The lowest BCUT2D eigenvalue weighted by molar-refractivity contribution is -0.139. The number of H-pyrrole nitrogens is 1. The van der Waals surface area contributed by atoms with E-state index in [1.54, 1.807) is 0 Å². The molecule has 1 aromatic heterocycles. The molecule has 1 rings (SSSR count). The molecule has 7 heteroatoms. The number of esters is 1. The summed E-state index contributed by atoms with van der Waals surface area (Å²) >= 11 is 2.93. The van der Waals surface area contributed by atoms with Crippen LogP contribution in [0.3, 0.4) is 0 Å². The van der Waals surface area contributed by atoms with Gasteiger partial charge in [0.2, 0.25) is 5.56 Å². The quantitative estimate of drug-likeness (QED) is 0.683. The van der Waals surface area contributed by atoms with Crippen molar-refractivity contribution < 1.29 is 18.3 Å². The predicted octanol–water partition coefficient (Wildman–Crippen LogP) is 1.79. The number of aromatic amines is 1. The van der Waals surface area contributed by atoms with Crippen molar-refractivity contribution in [3.63, 3.8) is 0 Å². The molecule has 0 unspecified atom stereocenters. The number of halogens is 3. The molecule has 1 aromatic rings. The van der Waals surface area contributed by atoms with Gasteiger partial charge in [0.15, 0.2) is 0 Å². The highest BCUT2D eigenvalue weighted by molar-refractivity contribution is 9.10. The fraction of sp³-hybridized carbons (Fsp3) is 0.333. The monoisotopic (exact) mass is 295 g/mol. The number of hydrogen-bond acceptors (Lipinski definition) is 3. The summed E-state index contributed by atoms with van der Waals surface area (Å²) in [5.41, 5.74) is -1.10. The molecule has 0 bridgehead atoms. The zero-order valence-corrected chi connectivity index (χ0v) is 9.81. The molecule has 16 heavy (non-hydrogen) atoms. The van der Waals surface area contributed by atoms with Gasteiger partial charge in [0.25, 0.3) is 6.43 Å². The number of methoxy groups -OCH3 is 1. The highest BCUT2D eigenvalue weighted by atomic mass is 79.9. The smallest absolute Gasteiger partial charge is 0.310 e. The zero-order valence-electron chi connectivity index (χ0n) is 8.22. The lowest BCUT2D eigenvalue weighted by Crippen LogP contribution is -2.14. The van der Waals surface area contributed by atoms with E-state index in [1.807, 2.05) is 0 Å². The molecule has 0 aliphatic heterocycles. The van der Waals surface area contributed by atoms with Crippen LogP contribution in [0.15, 0.2) is 15.5 Å². The Bertz CT molecular complexity index is 459. The minimum Gasteiger partial charge on any atom is -0.469 e. The summed E-state index contributed by atoms with van der Waals surface area (Å²) in [6, 6.07) is 0.772. The average molecular weight is 296 g/mol.